The third kappa shape index (κ3) is 0.843. The standard InChI is InChI=1S/C10H10FN/c1-6-3-4-8-7(2)5-12-10(8)9(6)11/h3-5,12H,1-2H3. The van der Waals surface area contributed by atoms with Crippen LogP contribution in [0.1, 0.15) is 11.1 Å². The molecule has 0 spiro atoms. The van der Waals surface area contributed by atoms with Gasteiger partial charge in [-0.25, -0.2) is 4.39 Å². The highest BCUT2D eigenvalue weighted by Crippen LogP contribution is 2.22. The van der Waals surface area contributed by atoms with E-state index in [1.807, 2.05) is 19.2 Å². The number of aryl methyl sites for hydroxylation is 2. The van der Waals surface area contributed by atoms with Crippen LogP contribution in [0.25, 0.3) is 10.9 Å². The van der Waals surface area contributed by atoms with Crippen LogP contribution in [-0.2, 0) is 0 Å². The molecular weight excluding hydrogens is 153 g/mol. The van der Waals surface area contributed by atoms with Crippen LogP contribution < -0.4 is 0 Å². The first-order chi connectivity index (χ1) is 5.70. The van der Waals surface area contributed by atoms with E-state index in [1.54, 1.807) is 13.0 Å². The molecule has 1 aromatic heterocycles. The molecule has 0 bridgehead atoms. The lowest BCUT2D eigenvalue weighted by molar-refractivity contribution is 0.628. The maximum absolute atomic E-state index is 13.4. The Hall–Kier alpha value is -1.31. The lowest BCUT2D eigenvalue weighted by Gasteiger charge is -1.97. The van der Waals surface area contributed by atoms with Gasteiger partial charge in [-0.2, -0.15) is 0 Å². The van der Waals surface area contributed by atoms with Gasteiger partial charge in [0.05, 0.1) is 5.52 Å². The summed E-state index contributed by atoms with van der Waals surface area (Å²) in [6.07, 6.45) is 1.83. The molecule has 0 saturated carbocycles. The quantitative estimate of drug-likeness (QED) is 0.614. The van der Waals surface area contributed by atoms with Crippen molar-refractivity contribution >= 4 is 10.9 Å². The highest BCUT2D eigenvalue weighted by atomic mass is 19.1. The first-order valence-electron chi connectivity index (χ1n) is 3.93. The molecule has 12 heavy (non-hydrogen) atoms. The number of aromatic amines is 1. The number of rotatable bonds is 0. The fourth-order valence-corrected chi connectivity index (χ4v) is 1.41. The average molecular weight is 163 g/mol. The minimum atomic E-state index is -0.138. The summed E-state index contributed by atoms with van der Waals surface area (Å²) in [6, 6.07) is 3.75. The van der Waals surface area contributed by atoms with E-state index in [0.29, 0.717) is 11.1 Å². The zero-order valence-electron chi connectivity index (χ0n) is 7.11. The smallest absolute Gasteiger partial charge is 0.150 e. The molecule has 0 aliphatic rings. The lowest BCUT2D eigenvalue weighted by Crippen LogP contribution is -1.83. The molecule has 2 rings (SSSR count). The van der Waals surface area contributed by atoms with E-state index in [1.165, 1.54) is 0 Å². The van der Waals surface area contributed by atoms with E-state index < -0.39 is 0 Å². The second-order valence-electron chi connectivity index (χ2n) is 3.09. The summed E-state index contributed by atoms with van der Waals surface area (Å²) < 4.78 is 13.4. The fourth-order valence-electron chi connectivity index (χ4n) is 1.41. The number of fused-ring (bicyclic) bond motifs is 1. The zero-order chi connectivity index (χ0) is 8.72. The Labute approximate surface area is 70.2 Å². The van der Waals surface area contributed by atoms with Crippen LogP contribution in [0.2, 0.25) is 0 Å². The fraction of sp³-hybridized carbons (Fsp3) is 0.200. The van der Waals surface area contributed by atoms with Crippen molar-refractivity contribution < 1.29 is 4.39 Å². The molecule has 0 saturated heterocycles. The number of hydrogen-bond donors (Lipinski definition) is 1. The molecule has 2 aromatic rings. The lowest BCUT2D eigenvalue weighted by atomic mass is 10.1. The Kier molecular flexibility index (Phi) is 1.43. The SMILES string of the molecule is Cc1ccc2c(C)c[nH]c2c1F. The van der Waals surface area contributed by atoms with Crippen molar-refractivity contribution in [1.29, 1.82) is 0 Å². The van der Waals surface area contributed by atoms with Crippen molar-refractivity contribution in [3.8, 4) is 0 Å². The normalized spacial score (nSPS) is 10.9. The minimum absolute atomic E-state index is 0.138. The van der Waals surface area contributed by atoms with Crippen molar-refractivity contribution in [2.24, 2.45) is 0 Å². The van der Waals surface area contributed by atoms with Gasteiger partial charge in [-0.1, -0.05) is 12.1 Å². The van der Waals surface area contributed by atoms with Crippen LogP contribution in [0.4, 0.5) is 4.39 Å². The molecule has 1 aromatic carbocycles. The summed E-state index contributed by atoms with van der Waals surface area (Å²) in [4.78, 5) is 2.92. The predicted molar refractivity (Wildman–Crippen MR) is 47.7 cm³/mol. The van der Waals surface area contributed by atoms with E-state index >= 15 is 0 Å². The highest BCUT2D eigenvalue weighted by Gasteiger charge is 2.06. The Bertz CT molecular complexity index is 429. The number of hydrogen-bond acceptors (Lipinski definition) is 0. The number of halogens is 1. The Morgan fingerprint density at radius 2 is 1.92 bits per heavy atom. The van der Waals surface area contributed by atoms with E-state index in [-0.39, 0.29) is 5.82 Å². The van der Waals surface area contributed by atoms with Crippen LogP contribution in [0.3, 0.4) is 0 Å². The average Bonchev–Trinajstić information content (AvgIpc) is 2.41. The number of nitrogens with one attached hydrogen (secondary N) is 1. The molecule has 0 atom stereocenters. The molecule has 0 fully saturated rings. The summed E-state index contributed by atoms with van der Waals surface area (Å²) in [7, 11) is 0. The van der Waals surface area contributed by atoms with Gasteiger partial charge in [0.15, 0.2) is 0 Å². The van der Waals surface area contributed by atoms with Crippen LogP contribution in [0, 0.1) is 19.7 Å². The largest absolute Gasteiger partial charge is 0.359 e. The van der Waals surface area contributed by atoms with E-state index in [9.17, 15) is 4.39 Å². The molecular formula is C10H10FN. The second kappa shape index (κ2) is 2.34. The van der Waals surface area contributed by atoms with Crippen molar-refractivity contribution in [3.63, 3.8) is 0 Å². The van der Waals surface area contributed by atoms with Gasteiger partial charge in [-0.15, -0.1) is 0 Å². The van der Waals surface area contributed by atoms with Crippen molar-refractivity contribution in [2.45, 2.75) is 13.8 Å². The van der Waals surface area contributed by atoms with Gasteiger partial charge >= 0.3 is 0 Å². The number of aromatic nitrogens is 1. The van der Waals surface area contributed by atoms with E-state index in [2.05, 4.69) is 4.98 Å². The zero-order valence-corrected chi connectivity index (χ0v) is 7.11. The summed E-state index contributed by atoms with van der Waals surface area (Å²) in [6.45, 7) is 3.73. The molecule has 0 amide bonds. The molecule has 1 heterocycles. The third-order valence-electron chi connectivity index (χ3n) is 2.19. The first-order valence-corrected chi connectivity index (χ1v) is 3.93. The third-order valence-corrected chi connectivity index (χ3v) is 2.19. The van der Waals surface area contributed by atoms with Crippen molar-refractivity contribution in [1.82, 2.24) is 4.98 Å². The second-order valence-corrected chi connectivity index (χ2v) is 3.09. The molecule has 0 aliphatic heterocycles. The van der Waals surface area contributed by atoms with E-state index in [4.69, 9.17) is 0 Å². The molecule has 1 nitrogen and oxygen atoms in total. The van der Waals surface area contributed by atoms with Crippen LogP contribution in [0.5, 0.6) is 0 Å². The van der Waals surface area contributed by atoms with E-state index in [0.717, 1.165) is 10.9 Å². The molecule has 0 unspecified atom stereocenters. The van der Waals surface area contributed by atoms with Crippen LogP contribution >= 0.6 is 0 Å². The van der Waals surface area contributed by atoms with Crippen LogP contribution in [0.15, 0.2) is 18.3 Å². The first kappa shape index (κ1) is 7.35. The molecule has 1 N–H and O–H groups in total. The van der Waals surface area contributed by atoms with Gasteiger partial charge in [0.2, 0.25) is 0 Å². The van der Waals surface area contributed by atoms with Crippen LogP contribution in [-0.4, -0.2) is 4.98 Å². The number of benzene rings is 1. The summed E-state index contributed by atoms with van der Waals surface area (Å²) in [5, 5.41) is 0.970. The highest BCUT2D eigenvalue weighted by molar-refractivity contribution is 5.84. The summed E-state index contributed by atoms with van der Waals surface area (Å²) in [5.41, 5.74) is 2.39. The maximum Gasteiger partial charge on any atom is 0.150 e. The monoisotopic (exact) mass is 163 g/mol. The Morgan fingerprint density at radius 3 is 2.67 bits per heavy atom. The Morgan fingerprint density at radius 1 is 1.17 bits per heavy atom. The predicted octanol–water partition coefficient (Wildman–Crippen LogP) is 2.92. The topological polar surface area (TPSA) is 15.8 Å². The molecule has 0 radical (unpaired) electrons. The van der Waals surface area contributed by atoms with Gasteiger partial charge in [0.25, 0.3) is 0 Å². The van der Waals surface area contributed by atoms with Gasteiger partial charge in [0.1, 0.15) is 5.82 Å². The van der Waals surface area contributed by atoms with Gasteiger partial charge < -0.3 is 4.98 Å². The summed E-state index contributed by atoms with van der Waals surface area (Å²) >= 11 is 0. The maximum atomic E-state index is 13.4. The summed E-state index contributed by atoms with van der Waals surface area (Å²) in [5.74, 6) is -0.138. The minimum Gasteiger partial charge on any atom is -0.359 e. The van der Waals surface area contributed by atoms with Crippen molar-refractivity contribution in [3.05, 3.63) is 35.3 Å². The number of H-pyrrole nitrogens is 1. The molecule has 2 heteroatoms. The molecule has 62 valence electrons. The van der Waals surface area contributed by atoms with Gasteiger partial charge in [-0.3, -0.25) is 0 Å². The Balaban J connectivity index is 2.93. The van der Waals surface area contributed by atoms with Gasteiger partial charge in [0, 0.05) is 11.6 Å². The van der Waals surface area contributed by atoms with Gasteiger partial charge in [-0.05, 0) is 25.0 Å². The van der Waals surface area contributed by atoms with Crippen molar-refractivity contribution in [2.75, 3.05) is 0 Å². The molecule has 0 aliphatic carbocycles.